The molecule has 0 aromatic carbocycles. The van der Waals surface area contributed by atoms with Crippen LogP contribution in [0.1, 0.15) is 67.2 Å². The van der Waals surface area contributed by atoms with Gasteiger partial charge in [-0.3, -0.25) is 9.69 Å². The number of hydrogen-bond acceptors (Lipinski definition) is 7. The second kappa shape index (κ2) is 11.5. The van der Waals surface area contributed by atoms with Crippen molar-refractivity contribution >= 4 is 18.1 Å². The summed E-state index contributed by atoms with van der Waals surface area (Å²) in [6.45, 7) is 11.9. The third-order valence-electron chi connectivity index (χ3n) is 4.53. The van der Waals surface area contributed by atoms with Crippen molar-refractivity contribution in [3.63, 3.8) is 0 Å². The number of primary amides is 1. The third kappa shape index (κ3) is 11.8. The molecule has 0 radical (unpaired) electrons. The summed E-state index contributed by atoms with van der Waals surface area (Å²) >= 11 is 0. The number of amides is 3. The number of carbonyl (C=O) groups is 3. The lowest BCUT2D eigenvalue weighted by Gasteiger charge is -2.29. The van der Waals surface area contributed by atoms with Crippen LogP contribution >= 0.6 is 0 Å². The largest absolute Gasteiger partial charge is 0.444 e. The van der Waals surface area contributed by atoms with E-state index in [4.69, 9.17) is 15.2 Å². The van der Waals surface area contributed by atoms with Gasteiger partial charge in [0.1, 0.15) is 11.2 Å². The highest BCUT2D eigenvalue weighted by Crippen LogP contribution is 2.19. The van der Waals surface area contributed by atoms with Gasteiger partial charge in [0.25, 0.3) is 0 Å². The van der Waals surface area contributed by atoms with Crippen LogP contribution in [0.25, 0.3) is 0 Å². The van der Waals surface area contributed by atoms with E-state index in [0.717, 1.165) is 0 Å². The Balaban J connectivity index is 2.59. The summed E-state index contributed by atoms with van der Waals surface area (Å²) in [4.78, 5) is 37.5. The zero-order chi connectivity index (χ0) is 23.8. The molecule has 3 amide bonds. The fourth-order valence-corrected chi connectivity index (χ4v) is 3.36. The molecule has 0 saturated carbocycles. The molecule has 10 heteroatoms. The number of rotatable bonds is 9. The fourth-order valence-electron chi connectivity index (χ4n) is 3.36. The Kier molecular flexibility index (Phi) is 10.0. The molecule has 31 heavy (non-hydrogen) atoms. The lowest BCUT2D eigenvalue weighted by atomic mass is 10.1. The van der Waals surface area contributed by atoms with Crippen molar-refractivity contribution in [1.29, 1.82) is 0 Å². The fraction of sp³-hybridized carbons (Fsp3) is 0.857. The van der Waals surface area contributed by atoms with E-state index < -0.39 is 41.4 Å². The highest BCUT2D eigenvalue weighted by Gasteiger charge is 2.36. The minimum atomic E-state index is -0.633. The number of carbonyl (C=O) groups excluding carboxylic acids is 3. The second-order valence-corrected chi connectivity index (χ2v) is 10.0. The van der Waals surface area contributed by atoms with E-state index in [1.54, 1.807) is 46.4 Å². The smallest absolute Gasteiger partial charge is 0.407 e. The van der Waals surface area contributed by atoms with Gasteiger partial charge in [-0.15, -0.1) is 0 Å². The Labute approximate surface area is 185 Å². The number of β-amino-alcohol motifs (C(OH)–C–C–N with tert-alkyl or cyclic N) is 1. The number of hydrogen-bond donors (Lipinski definition) is 4. The summed E-state index contributed by atoms with van der Waals surface area (Å²) < 4.78 is 10.5. The van der Waals surface area contributed by atoms with Crippen molar-refractivity contribution in [2.24, 2.45) is 5.73 Å². The zero-order valence-corrected chi connectivity index (χ0v) is 19.7. The highest BCUT2D eigenvalue weighted by molar-refractivity contribution is 5.80. The van der Waals surface area contributed by atoms with Crippen molar-refractivity contribution in [1.82, 2.24) is 15.5 Å². The molecule has 5 N–H and O–H groups in total. The highest BCUT2D eigenvalue weighted by atomic mass is 16.6. The van der Waals surface area contributed by atoms with E-state index in [1.165, 1.54) is 0 Å². The van der Waals surface area contributed by atoms with E-state index >= 15 is 0 Å². The van der Waals surface area contributed by atoms with Crippen LogP contribution in [0, 0.1) is 0 Å². The van der Waals surface area contributed by atoms with Gasteiger partial charge in [0.05, 0.1) is 12.1 Å². The molecule has 0 aromatic heterocycles. The minimum Gasteiger partial charge on any atom is -0.444 e. The Morgan fingerprint density at radius 3 is 2.19 bits per heavy atom. The first-order chi connectivity index (χ1) is 14.2. The molecule has 1 fully saturated rings. The van der Waals surface area contributed by atoms with Crippen molar-refractivity contribution in [2.75, 3.05) is 19.6 Å². The van der Waals surface area contributed by atoms with Gasteiger partial charge in [0.2, 0.25) is 5.91 Å². The first kappa shape index (κ1) is 27.0. The van der Waals surface area contributed by atoms with Gasteiger partial charge in [0.15, 0.2) is 0 Å². The van der Waals surface area contributed by atoms with Crippen LogP contribution in [0.15, 0.2) is 0 Å². The maximum atomic E-state index is 12.3. The van der Waals surface area contributed by atoms with Gasteiger partial charge in [-0.05, 0) is 67.2 Å². The normalized spacial score (nSPS) is 20.7. The Hall–Kier alpha value is -2.07. The lowest BCUT2D eigenvalue weighted by molar-refractivity contribution is -0.122. The quantitative estimate of drug-likeness (QED) is 0.395. The first-order valence-electron chi connectivity index (χ1n) is 10.8. The van der Waals surface area contributed by atoms with Gasteiger partial charge in [-0.1, -0.05) is 0 Å². The van der Waals surface area contributed by atoms with Crippen molar-refractivity contribution in [3.8, 4) is 0 Å². The average Bonchev–Trinajstić information content (AvgIpc) is 2.91. The van der Waals surface area contributed by atoms with Crippen LogP contribution in [-0.2, 0) is 14.3 Å². The first-order valence-corrected chi connectivity index (χ1v) is 10.8. The Bertz CT molecular complexity index is 614. The number of aliphatic hydroxyl groups is 1. The van der Waals surface area contributed by atoms with Gasteiger partial charge < -0.3 is 30.9 Å². The summed E-state index contributed by atoms with van der Waals surface area (Å²) in [6, 6.07) is -0.865. The maximum absolute atomic E-state index is 12.3. The van der Waals surface area contributed by atoms with Crippen LogP contribution in [0.2, 0.25) is 0 Å². The number of aliphatic hydroxyl groups excluding tert-OH is 1. The number of nitrogens with zero attached hydrogens (tertiary/aromatic N) is 1. The average molecular weight is 445 g/mol. The van der Waals surface area contributed by atoms with E-state index in [-0.39, 0.29) is 12.5 Å². The monoisotopic (exact) mass is 444 g/mol. The van der Waals surface area contributed by atoms with E-state index in [9.17, 15) is 19.5 Å². The molecule has 1 saturated heterocycles. The van der Waals surface area contributed by atoms with Crippen LogP contribution in [0.5, 0.6) is 0 Å². The topological polar surface area (TPSA) is 143 Å². The second-order valence-electron chi connectivity index (χ2n) is 10.0. The zero-order valence-electron chi connectivity index (χ0n) is 19.7. The van der Waals surface area contributed by atoms with Crippen molar-refractivity contribution in [2.45, 2.75) is 96.6 Å². The molecule has 0 bridgehead atoms. The Morgan fingerprint density at radius 2 is 1.65 bits per heavy atom. The number of nitrogens with one attached hydrogen (secondary N) is 2. The summed E-state index contributed by atoms with van der Waals surface area (Å²) in [5.74, 6) is -0.492. The molecule has 180 valence electrons. The molecule has 0 unspecified atom stereocenters. The lowest BCUT2D eigenvalue weighted by Crippen LogP contribution is -2.49. The summed E-state index contributed by atoms with van der Waals surface area (Å²) in [6.07, 6.45) is 0.659. The van der Waals surface area contributed by atoms with Gasteiger partial charge in [-0.25, -0.2) is 9.59 Å². The predicted molar refractivity (Wildman–Crippen MR) is 116 cm³/mol. The van der Waals surface area contributed by atoms with Gasteiger partial charge in [0, 0.05) is 25.7 Å². The van der Waals surface area contributed by atoms with E-state index in [2.05, 4.69) is 10.6 Å². The summed E-state index contributed by atoms with van der Waals surface area (Å²) in [5.41, 5.74) is 4.28. The molecule has 10 nitrogen and oxygen atoms in total. The van der Waals surface area contributed by atoms with Crippen LogP contribution in [-0.4, -0.2) is 77.1 Å². The number of ether oxygens (including phenoxy) is 2. The predicted octanol–water partition coefficient (Wildman–Crippen LogP) is 1.50. The van der Waals surface area contributed by atoms with Crippen LogP contribution in [0.4, 0.5) is 9.59 Å². The number of likely N-dealkylation sites (tertiary alicyclic amines) is 1. The maximum Gasteiger partial charge on any atom is 0.407 e. The number of unbranched alkanes of at least 4 members (excludes halogenated alkanes) is 1. The number of nitrogens with two attached hydrogens (primary N) is 1. The molecule has 1 heterocycles. The van der Waals surface area contributed by atoms with Gasteiger partial charge >= 0.3 is 12.2 Å². The van der Waals surface area contributed by atoms with Crippen LogP contribution < -0.4 is 16.4 Å². The summed E-state index contributed by atoms with van der Waals surface area (Å²) in [5, 5.41) is 15.5. The van der Waals surface area contributed by atoms with Crippen molar-refractivity contribution < 1.29 is 29.0 Å². The summed E-state index contributed by atoms with van der Waals surface area (Å²) in [7, 11) is 0. The van der Waals surface area contributed by atoms with E-state index in [0.29, 0.717) is 38.9 Å². The van der Waals surface area contributed by atoms with E-state index in [1.807, 2.05) is 0 Å². The molecule has 1 aliphatic rings. The van der Waals surface area contributed by atoms with Gasteiger partial charge in [-0.2, -0.15) is 0 Å². The van der Waals surface area contributed by atoms with Crippen molar-refractivity contribution in [3.05, 3.63) is 0 Å². The van der Waals surface area contributed by atoms with Crippen LogP contribution in [0.3, 0.4) is 0 Å². The molecule has 1 rings (SSSR count). The molecular weight excluding hydrogens is 404 g/mol. The molecule has 1 aliphatic heterocycles. The third-order valence-corrected chi connectivity index (χ3v) is 4.53. The number of alkyl carbamates (subject to hydrolysis) is 2. The molecule has 0 spiro atoms. The molecule has 0 aliphatic carbocycles. The molecule has 3 atom stereocenters. The SMILES string of the molecule is CC(C)(C)OC(=O)NCCCC[C@@H](CN1C[C@H](O)C[C@H]1C(N)=O)NC(=O)OC(C)(C)C. The molecular formula is C21H40N4O6. The standard InChI is InChI=1S/C21H40N4O6/c1-20(2,3)30-18(28)23-10-8-7-9-14(24-19(29)31-21(4,5)6)12-25-13-15(26)11-16(25)17(22)27/h14-16,26H,7-13H2,1-6H3,(H2,22,27)(H,23,28)(H,24,29)/t14-,15+,16-/m0/s1. The molecule has 0 aromatic rings. The minimum absolute atomic E-state index is 0.286. The Morgan fingerprint density at radius 1 is 1.06 bits per heavy atom.